The fourth-order valence-corrected chi connectivity index (χ4v) is 1.36. The number of benzene rings is 1. The van der Waals surface area contributed by atoms with Crippen LogP contribution in [0.1, 0.15) is 27.2 Å². The highest BCUT2D eigenvalue weighted by molar-refractivity contribution is 5.45. The van der Waals surface area contributed by atoms with Crippen molar-refractivity contribution in [2.45, 2.75) is 33.2 Å². The minimum atomic E-state index is -0.809. The second-order valence-corrected chi connectivity index (χ2v) is 3.92. The predicted octanol–water partition coefficient (Wildman–Crippen LogP) is 3.81. The van der Waals surface area contributed by atoms with E-state index in [1.807, 2.05) is 6.92 Å². The van der Waals surface area contributed by atoms with Crippen molar-refractivity contribution in [3.05, 3.63) is 29.8 Å². The summed E-state index contributed by atoms with van der Waals surface area (Å²) < 4.78 is 26.2. The first-order valence-corrected chi connectivity index (χ1v) is 5.26. The highest BCUT2D eigenvalue weighted by Gasteiger charge is 2.13. The molecule has 0 aliphatic carbocycles. The van der Waals surface area contributed by atoms with E-state index in [1.54, 1.807) is 6.07 Å². The van der Waals surface area contributed by atoms with Crippen molar-refractivity contribution in [3.63, 3.8) is 0 Å². The van der Waals surface area contributed by atoms with E-state index in [0.29, 0.717) is 5.92 Å². The molecule has 1 nitrogen and oxygen atoms in total. The van der Waals surface area contributed by atoms with Crippen molar-refractivity contribution in [2.75, 3.05) is 5.32 Å². The van der Waals surface area contributed by atoms with Crippen molar-refractivity contribution in [2.24, 2.45) is 5.92 Å². The predicted molar refractivity (Wildman–Crippen MR) is 58.9 cm³/mol. The van der Waals surface area contributed by atoms with E-state index in [9.17, 15) is 8.78 Å². The lowest BCUT2D eigenvalue weighted by Gasteiger charge is -2.21. The Balaban J connectivity index is 2.76. The molecule has 0 aliphatic rings. The molecule has 2 unspecified atom stereocenters. The zero-order valence-electron chi connectivity index (χ0n) is 9.35. The molecule has 0 bridgehead atoms. The lowest BCUT2D eigenvalue weighted by atomic mass is 10.0. The highest BCUT2D eigenvalue weighted by Crippen LogP contribution is 2.20. The molecular formula is C12H17F2N. The third kappa shape index (κ3) is 2.91. The molecule has 0 radical (unpaired) electrons. The quantitative estimate of drug-likeness (QED) is 0.801. The molecule has 84 valence electrons. The van der Waals surface area contributed by atoms with Gasteiger partial charge in [0.15, 0.2) is 11.6 Å². The van der Waals surface area contributed by atoms with Gasteiger partial charge in [0.05, 0.1) is 5.69 Å². The van der Waals surface area contributed by atoms with Crippen molar-refractivity contribution in [1.29, 1.82) is 0 Å². The molecule has 0 saturated heterocycles. The van der Waals surface area contributed by atoms with Crippen LogP contribution < -0.4 is 5.32 Å². The molecule has 1 N–H and O–H groups in total. The Bertz CT molecular complexity index is 325. The third-order valence-corrected chi connectivity index (χ3v) is 2.83. The zero-order valence-corrected chi connectivity index (χ0v) is 9.35. The maximum absolute atomic E-state index is 13.3. The van der Waals surface area contributed by atoms with Gasteiger partial charge in [0.25, 0.3) is 0 Å². The lowest BCUT2D eigenvalue weighted by Crippen LogP contribution is -2.23. The van der Waals surface area contributed by atoms with Gasteiger partial charge in [0.2, 0.25) is 0 Å². The molecule has 3 heteroatoms. The van der Waals surface area contributed by atoms with Crippen LogP contribution in [0, 0.1) is 17.6 Å². The summed E-state index contributed by atoms with van der Waals surface area (Å²) in [6.45, 7) is 6.12. The molecule has 0 aromatic heterocycles. The van der Waals surface area contributed by atoms with Gasteiger partial charge in [-0.05, 0) is 25.0 Å². The first-order chi connectivity index (χ1) is 7.06. The van der Waals surface area contributed by atoms with Gasteiger partial charge in [-0.1, -0.05) is 26.3 Å². The summed E-state index contributed by atoms with van der Waals surface area (Å²) in [6.07, 6.45) is 1.01. The SMILES string of the molecule is CCC(C)C(C)Nc1cccc(F)c1F. The van der Waals surface area contributed by atoms with Crippen LogP contribution in [0.4, 0.5) is 14.5 Å². The van der Waals surface area contributed by atoms with Crippen LogP contribution in [0.3, 0.4) is 0 Å². The van der Waals surface area contributed by atoms with E-state index >= 15 is 0 Å². The average Bonchev–Trinajstić information content (AvgIpc) is 2.23. The fourth-order valence-electron chi connectivity index (χ4n) is 1.36. The van der Waals surface area contributed by atoms with E-state index in [-0.39, 0.29) is 11.7 Å². The van der Waals surface area contributed by atoms with Crippen LogP contribution in [0.15, 0.2) is 18.2 Å². The van der Waals surface area contributed by atoms with Crippen LogP contribution in [0.25, 0.3) is 0 Å². The Morgan fingerprint density at radius 1 is 1.27 bits per heavy atom. The van der Waals surface area contributed by atoms with E-state index < -0.39 is 11.6 Å². The molecule has 1 rings (SSSR count). The number of halogens is 2. The molecule has 0 saturated carbocycles. The van der Waals surface area contributed by atoms with Crippen molar-refractivity contribution in [1.82, 2.24) is 0 Å². The van der Waals surface area contributed by atoms with Crippen LogP contribution >= 0.6 is 0 Å². The normalized spacial score (nSPS) is 14.7. The Kier molecular flexibility index (Phi) is 4.06. The molecule has 0 heterocycles. The summed E-state index contributed by atoms with van der Waals surface area (Å²) in [5, 5.41) is 2.99. The topological polar surface area (TPSA) is 12.0 Å². The zero-order chi connectivity index (χ0) is 11.4. The molecule has 0 fully saturated rings. The average molecular weight is 213 g/mol. The standard InChI is InChI=1S/C12H17F2N/c1-4-8(2)9(3)15-11-7-5-6-10(13)12(11)14/h5-9,15H,4H2,1-3H3. The number of rotatable bonds is 4. The van der Waals surface area contributed by atoms with Gasteiger partial charge in [0, 0.05) is 6.04 Å². The summed E-state index contributed by atoms with van der Waals surface area (Å²) in [4.78, 5) is 0. The van der Waals surface area contributed by atoms with Crippen molar-refractivity contribution in [3.8, 4) is 0 Å². The molecule has 0 aliphatic heterocycles. The number of anilines is 1. The summed E-state index contributed by atoms with van der Waals surface area (Å²) in [7, 11) is 0. The van der Waals surface area contributed by atoms with Gasteiger partial charge >= 0.3 is 0 Å². The minimum absolute atomic E-state index is 0.131. The van der Waals surface area contributed by atoms with Crippen LogP contribution in [-0.2, 0) is 0 Å². The van der Waals surface area contributed by atoms with Crippen molar-refractivity contribution >= 4 is 5.69 Å². The summed E-state index contributed by atoms with van der Waals surface area (Å²) in [5.74, 6) is -1.18. The minimum Gasteiger partial charge on any atom is -0.380 e. The van der Waals surface area contributed by atoms with Gasteiger partial charge < -0.3 is 5.32 Å². The maximum atomic E-state index is 13.3. The summed E-state index contributed by atoms with van der Waals surface area (Å²) in [6, 6.07) is 4.31. The van der Waals surface area contributed by atoms with Crippen molar-refractivity contribution < 1.29 is 8.78 Å². The fraction of sp³-hybridized carbons (Fsp3) is 0.500. The number of hydrogen-bond donors (Lipinski definition) is 1. The van der Waals surface area contributed by atoms with E-state index in [1.165, 1.54) is 6.07 Å². The van der Waals surface area contributed by atoms with Gasteiger partial charge in [-0.25, -0.2) is 8.78 Å². The Hall–Kier alpha value is -1.12. The monoisotopic (exact) mass is 213 g/mol. The van der Waals surface area contributed by atoms with Gasteiger partial charge in [-0.2, -0.15) is 0 Å². The van der Waals surface area contributed by atoms with Gasteiger partial charge in [0.1, 0.15) is 0 Å². The molecule has 1 aromatic rings. The molecular weight excluding hydrogens is 196 g/mol. The second-order valence-electron chi connectivity index (χ2n) is 3.92. The molecule has 1 aromatic carbocycles. The summed E-state index contributed by atoms with van der Waals surface area (Å²) in [5.41, 5.74) is 0.239. The number of hydrogen-bond acceptors (Lipinski definition) is 1. The molecule has 0 spiro atoms. The molecule has 2 atom stereocenters. The Morgan fingerprint density at radius 2 is 1.93 bits per heavy atom. The second kappa shape index (κ2) is 5.10. The summed E-state index contributed by atoms with van der Waals surface area (Å²) >= 11 is 0. The molecule has 15 heavy (non-hydrogen) atoms. The first kappa shape index (κ1) is 12.0. The largest absolute Gasteiger partial charge is 0.380 e. The van der Waals surface area contributed by atoms with Crippen LogP contribution in [-0.4, -0.2) is 6.04 Å². The van der Waals surface area contributed by atoms with Crippen LogP contribution in [0.2, 0.25) is 0 Å². The first-order valence-electron chi connectivity index (χ1n) is 5.26. The van der Waals surface area contributed by atoms with Gasteiger partial charge in [-0.3, -0.25) is 0 Å². The Labute approximate surface area is 89.5 Å². The maximum Gasteiger partial charge on any atom is 0.181 e. The smallest absolute Gasteiger partial charge is 0.181 e. The lowest BCUT2D eigenvalue weighted by molar-refractivity contribution is 0.482. The number of nitrogens with one attached hydrogen (secondary N) is 1. The van der Waals surface area contributed by atoms with E-state index in [0.717, 1.165) is 12.5 Å². The van der Waals surface area contributed by atoms with Crippen LogP contribution in [0.5, 0.6) is 0 Å². The van der Waals surface area contributed by atoms with E-state index in [4.69, 9.17) is 0 Å². The van der Waals surface area contributed by atoms with E-state index in [2.05, 4.69) is 19.2 Å². The van der Waals surface area contributed by atoms with Gasteiger partial charge in [-0.15, -0.1) is 0 Å². The molecule has 0 amide bonds. The third-order valence-electron chi connectivity index (χ3n) is 2.83. The highest BCUT2D eigenvalue weighted by atomic mass is 19.2. The Morgan fingerprint density at radius 3 is 2.53 bits per heavy atom.